The van der Waals surface area contributed by atoms with E-state index in [1.165, 1.54) is 54.9 Å². The predicted molar refractivity (Wildman–Crippen MR) is 119 cm³/mol. The van der Waals surface area contributed by atoms with E-state index in [9.17, 15) is 18.0 Å². The van der Waals surface area contributed by atoms with Crippen molar-refractivity contribution in [2.45, 2.75) is 24.7 Å². The molecule has 0 N–H and O–H groups in total. The van der Waals surface area contributed by atoms with Crippen LogP contribution in [0.4, 0.5) is 5.69 Å². The van der Waals surface area contributed by atoms with Gasteiger partial charge in [0.2, 0.25) is 0 Å². The second-order valence-electron chi connectivity index (χ2n) is 7.12. The molecular weight excluding hydrogens is 436 g/mol. The average molecular weight is 455 g/mol. The molecule has 0 spiro atoms. The first kappa shape index (κ1) is 21.0. The van der Waals surface area contributed by atoms with E-state index >= 15 is 0 Å². The van der Waals surface area contributed by atoms with Gasteiger partial charge in [0.15, 0.2) is 0 Å². The molecule has 0 saturated heterocycles. The van der Waals surface area contributed by atoms with Crippen LogP contribution in [0.1, 0.15) is 35.7 Å². The lowest BCUT2D eigenvalue weighted by molar-refractivity contribution is 0.101. The monoisotopic (exact) mass is 454 g/mol. The van der Waals surface area contributed by atoms with Gasteiger partial charge in [-0.15, -0.1) is 0 Å². The van der Waals surface area contributed by atoms with Crippen molar-refractivity contribution in [3.05, 3.63) is 87.9 Å². The number of amides is 1. The smallest absolute Gasteiger partial charge is 0.396 e. The van der Waals surface area contributed by atoms with Gasteiger partial charge in [0.1, 0.15) is 5.58 Å². The zero-order valence-corrected chi connectivity index (χ0v) is 18.3. The Morgan fingerprint density at radius 1 is 1.03 bits per heavy atom. The minimum atomic E-state index is -4.25. The van der Waals surface area contributed by atoms with E-state index in [4.69, 9.17) is 4.42 Å². The van der Waals surface area contributed by atoms with Gasteiger partial charge >= 0.3 is 4.94 Å². The number of anilines is 1. The SMILES string of the molecule is CC(C)c1ccc(S(=O)(=O)N(C(=O)c2ccncc2)c2ccc3oc(=O)sc3c2)cc1. The molecule has 4 rings (SSSR count). The topological polar surface area (TPSA) is 97.6 Å². The second-order valence-corrected chi connectivity index (χ2v) is 9.88. The zero-order valence-electron chi connectivity index (χ0n) is 16.7. The molecule has 1 amide bonds. The van der Waals surface area contributed by atoms with Crippen LogP contribution in [-0.2, 0) is 10.0 Å². The van der Waals surface area contributed by atoms with Crippen LogP contribution in [0.15, 0.2) is 81.1 Å². The average Bonchev–Trinajstić information content (AvgIpc) is 3.13. The van der Waals surface area contributed by atoms with Crippen molar-refractivity contribution in [2.75, 3.05) is 4.31 Å². The van der Waals surface area contributed by atoms with Crippen LogP contribution < -0.4 is 9.24 Å². The van der Waals surface area contributed by atoms with Crippen LogP contribution >= 0.6 is 11.3 Å². The zero-order chi connectivity index (χ0) is 22.2. The third-order valence-corrected chi connectivity index (χ3v) is 7.26. The van der Waals surface area contributed by atoms with E-state index in [0.717, 1.165) is 21.2 Å². The minimum absolute atomic E-state index is 0.0141. The lowest BCUT2D eigenvalue weighted by atomic mass is 10.0. The van der Waals surface area contributed by atoms with Crippen molar-refractivity contribution >= 4 is 43.2 Å². The maximum Gasteiger partial charge on any atom is 0.396 e. The Kier molecular flexibility index (Phi) is 5.47. The predicted octanol–water partition coefficient (Wildman–Crippen LogP) is 4.41. The molecule has 9 heteroatoms. The Labute approximate surface area is 182 Å². The van der Waals surface area contributed by atoms with Crippen molar-refractivity contribution in [3.63, 3.8) is 0 Å². The first-order valence-electron chi connectivity index (χ1n) is 9.41. The highest BCUT2D eigenvalue weighted by Gasteiger charge is 2.32. The van der Waals surface area contributed by atoms with E-state index in [0.29, 0.717) is 10.3 Å². The number of pyridine rings is 1. The van der Waals surface area contributed by atoms with Gasteiger partial charge in [-0.3, -0.25) is 9.78 Å². The van der Waals surface area contributed by atoms with Crippen molar-refractivity contribution in [3.8, 4) is 0 Å². The summed E-state index contributed by atoms with van der Waals surface area (Å²) in [6, 6.07) is 13.7. The second kappa shape index (κ2) is 8.09. The summed E-state index contributed by atoms with van der Waals surface area (Å²) in [5.74, 6) is -0.497. The molecule has 2 aromatic heterocycles. The van der Waals surface area contributed by atoms with Crippen LogP contribution in [0, 0.1) is 0 Å². The summed E-state index contributed by atoms with van der Waals surface area (Å²) in [4.78, 5) is 28.3. The van der Waals surface area contributed by atoms with Gasteiger partial charge in [-0.1, -0.05) is 37.3 Å². The Morgan fingerprint density at radius 2 is 1.71 bits per heavy atom. The fraction of sp³-hybridized carbons (Fsp3) is 0.136. The molecule has 31 heavy (non-hydrogen) atoms. The highest BCUT2D eigenvalue weighted by Crippen LogP contribution is 2.30. The normalized spacial score (nSPS) is 11.7. The molecule has 2 heterocycles. The van der Waals surface area contributed by atoms with Gasteiger partial charge in [-0.25, -0.2) is 13.2 Å². The van der Waals surface area contributed by atoms with Crippen molar-refractivity contribution in [1.29, 1.82) is 0 Å². The molecule has 2 aromatic carbocycles. The van der Waals surface area contributed by atoms with Gasteiger partial charge in [0, 0.05) is 18.0 Å². The number of hydrogen-bond donors (Lipinski definition) is 0. The fourth-order valence-corrected chi connectivity index (χ4v) is 5.20. The molecule has 158 valence electrons. The molecule has 0 unspecified atom stereocenters. The number of sulfonamides is 1. The number of fused-ring (bicyclic) bond motifs is 1. The van der Waals surface area contributed by atoms with E-state index in [-0.39, 0.29) is 22.1 Å². The molecular formula is C22H18N2O5S2. The lowest BCUT2D eigenvalue weighted by Gasteiger charge is -2.23. The Morgan fingerprint density at radius 3 is 2.35 bits per heavy atom. The third-order valence-electron chi connectivity index (χ3n) is 4.75. The van der Waals surface area contributed by atoms with E-state index in [1.807, 2.05) is 13.8 Å². The number of carbonyl (C=O) groups excluding carboxylic acids is 1. The summed E-state index contributed by atoms with van der Waals surface area (Å²) < 4.78 is 33.4. The van der Waals surface area contributed by atoms with Gasteiger partial charge in [0.05, 0.1) is 15.3 Å². The number of aromatic nitrogens is 1. The molecule has 0 bridgehead atoms. The Bertz CT molecular complexity index is 1410. The summed E-state index contributed by atoms with van der Waals surface area (Å²) in [6.07, 6.45) is 2.83. The molecule has 4 aromatic rings. The van der Waals surface area contributed by atoms with Crippen LogP contribution in [0.5, 0.6) is 0 Å². The first-order chi connectivity index (χ1) is 14.8. The largest absolute Gasteiger partial charge is 0.414 e. The van der Waals surface area contributed by atoms with Crippen LogP contribution in [0.2, 0.25) is 0 Å². The van der Waals surface area contributed by atoms with E-state index in [2.05, 4.69) is 4.98 Å². The number of hydrogen-bond acceptors (Lipinski definition) is 7. The van der Waals surface area contributed by atoms with Crippen molar-refractivity contribution < 1.29 is 17.6 Å². The summed E-state index contributed by atoms with van der Waals surface area (Å²) in [5.41, 5.74) is 1.58. The number of carbonyl (C=O) groups is 1. The van der Waals surface area contributed by atoms with E-state index < -0.39 is 20.9 Å². The van der Waals surface area contributed by atoms with Gasteiger partial charge in [-0.2, -0.15) is 4.31 Å². The number of benzene rings is 2. The van der Waals surface area contributed by atoms with Crippen LogP contribution in [0.3, 0.4) is 0 Å². The Hall–Kier alpha value is -3.30. The van der Waals surface area contributed by atoms with E-state index in [1.54, 1.807) is 12.1 Å². The fourth-order valence-electron chi connectivity index (χ4n) is 3.09. The highest BCUT2D eigenvalue weighted by molar-refractivity contribution is 7.93. The summed E-state index contributed by atoms with van der Waals surface area (Å²) in [5, 5.41) is 0. The van der Waals surface area contributed by atoms with Crippen molar-refractivity contribution in [1.82, 2.24) is 4.98 Å². The molecule has 0 radical (unpaired) electrons. The standard InChI is InChI=1S/C22H18N2O5S2/c1-14(2)15-3-6-18(7-4-15)31(27,28)24(21(25)16-9-11-23-12-10-16)17-5-8-19-20(13-17)30-22(26)29-19/h3-14H,1-2H3. The molecule has 7 nitrogen and oxygen atoms in total. The lowest BCUT2D eigenvalue weighted by Crippen LogP contribution is -2.37. The number of rotatable bonds is 5. The summed E-state index contributed by atoms with van der Waals surface area (Å²) >= 11 is 0.838. The first-order valence-corrected chi connectivity index (χ1v) is 11.7. The molecule has 0 atom stereocenters. The molecule has 0 aliphatic heterocycles. The Balaban J connectivity index is 1.88. The summed E-state index contributed by atoms with van der Waals surface area (Å²) in [7, 11) is -4.25. The summed E-state index contributed by atoms with van der Waals surface area (Å²) in [6.45, 7) is 4.02. The molecule has 0 fully saturated rings. The maximum absolute atomic E-state index is 13.6. The maximum atomic E-state index is 13.6. The third kappa shape index (κ3) is 4.01. The molecule has 0 aliphatic carbocycles. The molecule has 0 aliphatic rings. The van der Waals surface area contributed by atoms with Gasteiger partial charge in [-0.05, 0) is 53.9 Å². The highest BCUT2D eigenvalue weighted by atomic mass is 32.2. The van der Waals surface area contributed by atoms with Gasteiger partial charge in [0.25, 0.3) is 15.9 Å². The van der Waals surface area contributed by atoms with Crippen LogP contribution in [-0.4, -0.2) is 19.3 Å². The molecule has 0 saturated carbocycles. The minimum Gasteiger partial charge on any atom is -0.414 e. The van der Waals surface area contributed by atoms with Gasteiger partial charge < -0.3 is 4.42 Å². The van der Waals surface area contributed by atoms with Crippen LogP contribution in [0.25, 0.3) is 10.3 Å². The van der Waals surface area contributed by atoms with Crippen molar-refractivity contribution in [2.24, 2.45) is 0 Å². The quantitative estimate of drug-likeness (QED) is 0.443. The number of nitrogens with zero attached hydrogens (tertiary/aromatic N) is 2.